The highest BCUT2D eigenvalue weighted by Crippen LogP contribution is 0.692. The van der Waals surface area contributed by atoms with Crippen LogP contribution in [0.25, 0.3) is 0 Å². The maximum absolute atomic E-state index is 0. The lowest BCUT2D eigenvalue weighted by Gasteiger charge is -0.148. The van der Waals surface area contributed by atoms with E-state index in [9.17, 15) is 0 Å². The first kappa shape index (κ1) is 103. The Kier molecular flexibility index (Phi) is 1140. The summed E-state index contributed by atoms with van der Waals surface area (Å²) in [4.78, 5) is 0. The fourth-order valence-corrected chi connectivity index (χ4v) is 0. The zero-order chi connectivity index (χ0) is 0. The minimum absolute atomic E-state index is 0. The van der Waals surface area contributed by atoms with Crippen LogP contribution in [0.5, 0.6) is 0 Å². The normalized spacial score (nSPS) is 0. The topological polar surface area (TPSA) is 30.5 Å². The van der Waals surface area contributed by atoms with Gasteiger partial charge >= 0.3 is 0 Å². The fraction of sp³-hybridized carbons (Fsp3) is 0. The molecule has 0 N–H and O–H groups in total. The van der Waals surface area contributed by atoms with Gasteiger partial charge < -0.3 is 0 Å². The summed E-state index contributed by atoms with van der Waals surface area (Å²) in [5.74, 6) is 0. The second-order valence-corrected chi connectivity index (χ2v) is 0. The Balaban J connectivity index is 0. The molecule has 0 aliphatic heterocycles. The molecule has 0 heterocycles. The van der Waals surface area contributed by atoms with Crippen molar-refractivity contribution in [2.45, 2.75) is 0 Å². The molecule has 3 radical (unpaired) electrons. The van der Waals surface area contributed by atoms with Gasteiger partial charge in [0.15, 0.2) is 0 Å². The van der Waals surface area contributed by atoms with Gasteiger partial charge in [0.25, 0.3) is 0 Å². The summed E-state index contributed by atoms with van der Waals surface area (Å²) in [5, 5.41) is 0. The minimum atomic E-state index is 0. The number of nitrogens with zero attached hydrogens (tertiary/aromatic N) is 1. The molecule has 0 aliphatic carbocycles. The highest BCUT2D eigenvalue weighted by Gasteiger charge is 0.0000207. The molecule has 0 fully saturated rings. The number of hydrogen-bond acceptors (Lipinski definition) is 0. The molecule has 0 aromatic heterocycles. The van der Waals surface area contributed by atoms with Gasteiger partial charge in [-0.2, -0.15) is 0 Å². The number of rotatable bonds is 0. The Bertz CT molecular complexity index is 3.25. The quantitative estimate of drug-likeness (QED) is 0.456. The lowest BCUT2D eigenvalue weighted by Crippen LogP contribution is -0.481. The molecule has 29 valence electrons. The summed E-state index contributed by atoms with van der Waals surface area (Å²) in [7, 11) is 0. The van der Waals surface area contributed by atoms with E-state index in [1.165, 1.54) is 0 Å². The van der Waals surface area contributed by atoms with Crippen LogP contribution < -0.4 is 6.15 Å². The van der Waals surface area contributed by atoms with E-state index in [2.05, 4.69) is 0 Å². The van der Waals surface area contributed by atoms with Crippen molar-refractivity contribution in [3.63, 3.8) is 0 Å². The van der Waals surface area contributed by atoms with Gasteiger partial charge in [0.05, 0.1) is 0 Å². The smallest absolute Gasteiger partial charge is 0 e. The summed E-state index contributed by atoms with van der Waals surface area (Å²) in [5.41, 5.74) is 0. The second kappa shape index (κ2) is 44.5. The Morgan fingerprint density at radius 1 is 0.500 bits per heavy atom. The van der Waals surface area contributed by atoms with Crippen LogP contribution in [-0.4, -0.2) is 0 Å². The van der Waals surface area contributed by atoms with Gasteiger partial charge in [-0.1, -0.05) is 0 Å². The Morgan fingerprint density at radius 3 is 0.500 bits per heavy atom. The first-order chi connectivity index (χ1) is 0. The molecule has 0 amide bonds. The van der Waals surface area contributed by atoms with Gasteiger partial charge in [0.1, 0.15) is 0 Å². The zero-order valence-corrected chi connectivity index (χ0v) is 4.12. The van der Waals surface area contributed by atoms with E-state index in [4.69, 9.17) is 0 Å². The Morgan fingerprint density at radius 2 is 0.500 bits per heavy atom. The molecule has 0 rings (SSSR count). The van der Waals surface area contributed by atoms with Gasteiger partial charge in [-0.25, -0.2) is 0 Å². The van der Waals surface area contributed by atoms with Crippen molar-refractivity contribution in [1.29, 1.82) is 0 Å². The van der Waals surface area contributed by atoms with Crippen LogP contribution in [-0.2, 0) is 0 Å². The van der Waals surface area contributed by atoms with Crippen molar-refractivity contribution in [3.05, 3.63) is 0 Å². The number of hydrogen-bond donors (Lipinski definition) is 0. The molecule has 0 spiro atoms. The van der Waals surface area contributed by atoms with E-state index in [0.29, 0.717) is 0 Å². The molecule has 0 aliphatic rings. The lowest BCUT2D eigenvalue weighted by molar-refractivity contribution is 2.13. The van der Waals surface area contributed by atoms with Crippen molar-refractivity contribution in [1.82, 2.24) is 6.15 Å². The third-order valence-corrected chi connectivity index (χ3v) is 0. The van der Waals surface area contributed by atoms with Gasteiger partial charge in [-0.15, -0.1) is 37.2 Å². The molecule has 0 aromatic rings. The predicted molar refractivity (Wildman–Crippen MR) is 23.9 cm³/mol. The molecule has 4 heavy (non-hydrogen) atoms. The van der Waals surface area contributed by atoms with Gasteiger partial charge in [0, 0.05) is 6.15 Å². The summed E-state index contributed by atoms with van der Waals surface area (Å²) < 4.78 is 0. The average molecular weight is 123 g/mol. The van der Waals surface area contributed by atoms with E-state index in [1.807, 2.05) is 0 Å². The Hall–Kier alpha value is 0.830. The summed E-state index contributed by atoms with van der Waals surface area (Å²) in [6.07, 6.45) is 0. The molecule has 1 nitrogen and oxygen atoms in total. The molecular weight excluding hydrogens is 120 g/mol. The molecule has 0 saturated carbocycles. The average Bonchev–Trinajstić information content (AvgIpc) is 0. The van der Waals surface area contributed by atoms with Crippen molar-refractivity contribution < 1.29 is 0 Å². The highest BCUT2D eigenvalue weighted by molar-refractivity contribution is 5.86. The Labute approximate surface area is 44.0 Å². The number of halogens is 3. The zero-order valence-electron chi connectivity index (χ0n) is 1.67. The minimum Gasteiger partial charge on any atom is -0.147 e. The van der Waals surface area contributed by atoms with Crippen LogP contribution in [0.4, 0.5) is 0 Å². The van der Waals surface area contributed by atoms with E-state index in [0.717, 1.165) is 0 Å². The van der Waals surface area contributed by atoms with Gasteiger partial charge in [-0.3, -0.25) is 0 Å². The lowest BCUT2D eigenvalue weighted by atomic mass is 14.0. The standard InChI is InChI=1S/3ClH.N/h3*1H;. The molecule has 0 saturated heterocycles. The maximum atomic E-state index is 0. The SMILES string of the molecule is Cl.Cl.Cl.[N]. The van der Waals surface area contributed by atoms with Gasteiger partial charge in [0.2, 0.25) is 0 Å². The molecule has 0 unspecified atom stereocenters. The molecule has 4 heteroatoms. The molecular formula is H3Cl3N. The van der Waals surface area contributed by atoms with Crippen molar-refractivity contribution in [2.75, 3.05) is 0 Å². The predicted octanol–water partition coefficient (Wildman–Crippen LogP) is 0.785. The van der Waals surface area contributed by atoms with Crippen LogP contribution in [0.1, 0.15) is 0 Å². The van der Waals surface area contributed by atoms with Crippen molar-refractivity contribution in [3.8, 4) is 0 Å². The van der Waals surface area contributed by atoms with Crippen LogP contribution in [0.15, 0.2) is 0 Å². The maximum Gasteiger partial charge on any atom is 0 e. The first-order valence-electron chi connectivity index (χ1n) is 0. The first-order valence-corrected chi connectivity index (χ1v) is 0. The summed E-state index contributed by atoms with van der Waals surface area (Å²) in [6.45, 7) is 0. The van der Waals surface area contributed by atoms with E-state index >= 15 is 0 Å². The van der Waals surface area contributed by atoms with E-state index in [1.54, 1.807) is 0 Å². The monoisotopic (exact) mass is 122 g/mol. The van der Waals surface area contributed by atoms with Crippen LogP contribution in [0, 0.1) is 0 Å². The summed E-state index contributed by atoms with van der Waals surface area (Å²) in [6, 6.07) is 0. The third-order valence-electron chi connectivity index (χ3n) is 0. The highest BCUT2D eigenvalue weighted by atomic mass is 35.5. The van der Waals surface area contributed by atoms with Crippen LogP contribution in [0.2, 0.25) is 0 Å². The second-order valence-electron chi connectivity index (χ2n) is 0. The van der Waals surface area contributed by atoms with Crippen LogP contribution >= 0.6 is 37.2 Å². The van der Waals surface area contributed by atoms with E-state index < -0.39 is 0 Å². The van der Waals surface area contributed by atoms with E-state index in [-0.39, 0.29) is 43.4 Å². The molecule has 0 aromatic carbocycles. The van der Waals surface area contributed by atoms with Gasteiger partial charge in [-0.05, 0) is 0 Å². The molecule has 0 atom stereocenters. The third kappa shape index (κ3) is 13.8. The van der Waals surface area contributed by atoms with Crippen molar-refractivity contribution in [2.24, 2.45) is 0 Å². The molecule has 0 bridgehead atoms. The fourth-order valence-electron chi connectivity index (χ4n) is 0. The largest absolute Gasteiger partial charge is 0.147 e. The summed E-state index contributed by atoms with van der Waals surface area (Å²) >= 11 is 0. The van der Waals surface area contributed by atoms with Crippen LogP contribution in [0.3, 0.4) is 0 Å². The van der Waals surface area contributed by atoms with Crippen molar-refractivity contribution >= 4 is 37.2 Å².